The van der Waals surface area contributed by atoms with E-state index in [0.29, 0.717) is 12.6 Å². The monoisotopic (exact) mass is 392 g/mol. The number of likely N-dealkylation sites (N-methyl/N-ethyl adjacent to an activating group) is 1. The summed E-state index contributed by atoms with van der Waals surface area (Å²) in [7, 11) is 1.66. The maximum atomic E-state index is 12.7. The molecule has 3 aromatic rings. The van der Waals surface area contributed by atoms with Crippen LogP contribution in [0.1, 0.15) is 19.8 Å². The highest BCUT2D eigenvalue weighted by Gasteiger charge is 2.23. The molecule has 0 saturated carbocycles. The number of aromatic nitrogens is 2. The van der Waals surface area contributed by atoms with Gasteiger partial charge in [0.15, 0.2) is 0 Å². The van der Waals surface area contributed by atoms with E-state index in [9.17, 15) is 4.79 Å². The molecule has 4 rings (SSSR count). The average Bonchev–Trinajstić information content (AvgIpc) is 3.39. The Kier molecular flexibility index (Phi) is 5.81. The first-order valence-electron chi connectivity index (χ1n) is 10.3. The fourth-order valence-corrected chi connectivity index (χ4v) is 4.25. The van der Waals surface area contributed by atoms with Gasteiger partial charge in [0.1, 0.15) is 12.3 Å². The number of fused-ring (bicyclic) bond motifs is 1. The molecule has 1 amide bonds. The smallest absolute Gasteiger partial charge is 0.239 e. The molecular formula is C23H28N4O2. The van der Waals surface area contributed by atoms with Crippen LogP contribution in [-0.2, 0) is 11.3 Å². The number of methoxy groups -OCH3 is 1. The van der Waals surface area contributed by atoms with Gasteiger partial charge in [-0.25, -0.2) is 0 Å². The third-order valence-electron chi connectivity index (χ3n) is 5.77. The van der Waals surface area contributed by atoms with E-state index in [2.05, 4.69) is 22.1 Å². The molecule has 1 N–H and O–H groups in total. The first-order valence-corrected chi connectivity index (χ1v) is 10.3. The highest BCUT2D eigenvalue weighted by atomic mass is 16.5. The lowest BCUT2D eigenvalue weighted by Crippen LogP contribution is -2.41. The highest BCUT2D eigenvalue weighted by Crippen LogP contribution is 2.29. The van der Waals surface area contributed by atoms with E-state index in [1.165, 1.54) is 6.42 Å². The SMILES string of the molecule is CCN1CCC[C@@H]1CNC(=O)Cn1ccc2ccnc(-c3cccc(OC)c3)c21. The van der Waals surface area contributed by atoms with Crippen molar-refractivity contribution in [1.29, 1.82) is 0 Å². The van der Waals surface area contributed by atoms with E-state index in [4.69, 9.17) is 4.74 Å². The predicted molar refractivity (Wildman–Crippen MR) is 115 cm³/mol. The van der Waals surface area contributed by atoms with Crippen LogP contribution in [0.15, 0.2) is 48.8 Å². The van der Waals surface area contributed by atoms with Gasteiger partial charge in [-0.3, -0.25) is 14.7 Å². The lowest BCUT2D eigenvalue weighted by molar-refractivity contribution is -0.121. The van der Waals surface area contributed by atoms with Gasteiger partial charge in [0, 0.05) is 35.9 Å². The minimum atomic E-state index is 0.0332. The number of ether oxygens (including phenoxy) is 1. The van der Waals surface area contributed by atoms with Crippen molar-refractivity contribution in [2.75, 3.05) is 26.7 Å². The second-order valence-corrected chi connectivity index (χ2v) is 7.50. The van der Waals surface area contributed by atoms with Gasteiger partial charge >= 0.3 is 0 Å². The summed E-state index contributed by atoms with van der Waals surface area (Å²) in [6.45, 7) is 5.35. The van der Waals surface area contributed by atoms with Gasteiger partial charge in [-0.05, 0) is 50.2 Å². The van der Waals surface area contributed by atoms with E-state index in [0.717, 1.165) is 47.4 Å². The molecule has 0 aliphatic carbocycles. The maximum absolute atomic E-state index is 12.7. The Morgan fingerprint density at radius 2 is 2.21 bits per heavy atom. The van der Waals surface area contributed by atoms with E-state index in [-0.39, 0.29) is 12.5 Å². The molecule has 6 heteroatoms. The van der Waals surface area contributed by atoms with Gasteiger partial charge in [0.2, 0.25) is 5.91 Å². The molecule has 1 aliphatic rings. The van der Waals surface area contributed by atoms with Crippen LogP contribution >= 0.6 is 0 Å². The summed E-state index contributed by atoms with van der Waals surface area (Å²) in [6.07, 6.45) is 6.14. The molecule has 6 nitrogen and oxygen atoms in total. The summed E-state index contributed by atoms with van der Waals surface area (Å²) in [5, 5.41) is 4.20. The van der Waals surface area contributed by atoms with Crippen molar-refractivity contribution in [1.82, 2.24) is 19.8 Å². The summed E-state index contributed by atoms with van der Waals surface area (Å²) in [6, 6.07) is 12.3. The standard InChI is InChI=1S/C23H28N4O2/c1-3-26-12-5-7-19(26)15-25-21(28)16-27-13-10-17-9-11-24-22(23(17)27)18-6-4-8-20(14-18)29-2/h4,6,8-11,13-14,19H,3,5,7,12,15-16H2,1-2H3,(H,25,28)/t19-/m1/s1. The van der Waals surface area contributed by atoms with Crippen LogP contribution in [0.4, 0.5) is 0 Å². The third kappa shape index (κ3) is 4.12. The number of likely N-dealkylation sites (tertiary alicyclic amines) is 1. The molecule has 1 atom stereocenters. The zero-order valence-electron chi connectivity index (χ0n) is 17.1. The summed E-state index contributed by atoms with van der Waals surface area (Å²) < 4.78 is 7.35. The van der Waals surface area contributed by atoms with Crippen molar-refractivity contribution < 1.29 is 9.53 Å². The van der Waals surface area contributed by atoms with Gasteiger partial charge in [0.05, 0.1) is 18.3 Å². The largest absolute Gasteiger partial charge is 0.497 e. The molecule has 2 aromatic heterocycles. The van der Waals surface area contributed by atoms with Crippen LogP contribution in [0.25, 0.3) is 22.2 Å². The molecule has 3 heterocycles. The average molecular weight is 393 g/mol. The number of nitrogens with zero attached hydrogens (tertiary/aromatic N) is 3. The fraction of sp³-hybridized carbons (Fsp3) is 0.391. The normalized spacial score (nSPS) is 17.0. The molecule has 0 spiro atoms. The van der Waals surface area contributed by atoms with E-state index >= 15 is 0 Å². The van der Waals surface area contributed by atoms with Gasteiger partial charge in [0.25, 0.3) is 0 Å². The number of rotatable bonds is 7. The van der Waals surface area contributed by atoms with Crippen LogP contribution in [0.5, 0.6) is 5.75 Å². The van der Waals surface area contributed by atoms with Crippen molar-refractivity contribution in [3.05, 3.63) is 48.8 Å². The van der Waals surface area contributed by atoms with E-state index < -0.39 is 0 Å². The summed E-state index contributed by atoms with van der Waals surface area (Å²) >= 11 is 0. The van der Waals surface area contributed by atoms with Gasteiger partial charge in [-0.1, -0.05) is 19.1 Å². The molecule has 152 valence electrons. The number of carbonyl (C=O) groups excluding carboxylic acids is 1. The number of hydrogen-bond donors (Lipinski definition) is 1. The Balaban J connectivity index is 1.54. The topological polar surface area (TPSA) is 59.4 Å². The summed E-state index contributed by atoms with van der Waals surface area (Å²) in [5.41, 5.74) is 2.79. The van der Waals surface area contributed by atoms with Crippen LogP contribution < -0.4 is 10.1 Å². The molecule has 1 aliphatic heterocycles. The Bertz CT molecular complexity index is 997. The van der Waals surface area contributed by atoms with Crippen molar-refractivity contribution in [2.45, 2.75) is 32.4 Å². The zero-order valence-corrected chi connectivity index (χ0v) is 17.1. The molecule has 0 bridgehead atoms. The van der Waals surface area contributed by atoms with Crippen molar-refractivity contribution in [2.24, 2.45) is 0 Å². The number of benzene rings is 1. The minimum absolute atomic E-state index is 0.0332. The predicted octanol–water partition coefficient (Wildman–Crippen LogP) is 3.31. The molecule has 1 aromatic carbocycles. The molecule has 29 heavy (non-hydrogen) atoms. The minimum Gasteiger partial charge on any atom is -0.497 e. The summed E-state index contributed by atoms with van der Waals surface area (Å²) in [5.74, 6) is 0.820. The second-order valence-electron chi connectivity index (χ2n) is 7.50. The van der Waals surface area contributed by atoms with Crippen LogP contribution in [-0.4, -0.2) is 53.1 Å². The Morgan fingerprint density at radius 3 is 3.03 bits per heavy atom. The number of pyridine rings is 1. The Morgan fingerprint density at radius 1 is 1.31 bits per heavy atom. The number of nitrogens with one attached hydrogen (secondary N) is 1. The van der Waals surface area contributed by atoms with Gasteiger partial charge < -0.3 is 14.6 Å². The van der Waals surface area contributed by atoms with Crippen molar-refractivity contribution in [3.63, 3.8) is 0 Å². The number of carbonyl (C=O) groups is 1. The quantitative estimate of drug-likeness (QED) is 0.670. The number of hydrogen-bond acceptors (Lipinski definition) is 4. The highest BCUT2D eigenvalue weighted by molar-refractivity contribution is 5.93. The lowest BCUT2D eigenvalue weighted by atomic mass is 10.1. The fourth-order valence-electron chi connectivity index (χ4n) is 4.25. The second kappa shape index (κ2) is 8.66. The molecular weight excluding hydrogens is 364 g/mol. The van der Waals surface area contributed by atoms with Crippen LogP contribution in [0, 0.1) is 0 Å². The first-order chi connectivity index (χ1) is 14.2. The first kappa shape index (κ1) is 19.5. The van der Waals surface area contributed by atoms with Crippen LogP contribution in [0.2, 0.25) is 0 Å². The third-order valence-corrected chi connectivity index (χ3v) is 5.77. The molecule has 0 unspecified atom stereocenters. The van der Waals surface area contributed by atoms with Crippen LogP contribution in [0.3, 0.4) is 0 Å². The maximum Gasteiger partial charge on any atom is 0.239 e. The van der Waals surface area contributed by atoms with Gasteiger partial charge in [-0.15, -0.1) is 0 Å². The van der Waals surface area contributed by atoms with Gasteiger partial charge in [-0.2, -0.15) is 0 Å². The van der Waals surface area contributed by atoms with Crippen molar-refractivity contribution in [3.8, 4) is 17.0 Å². The molecule has 0 radical (unpaired) electrons. The summed E-state index contributed by atoms with van der Waals surface area (Å²) in [4.78, 5) is 19.7. The van der Waals surface area contributed by atoms with Crippen molar-refractivity contribution >= 4 is 16.8 Å². The Hall–Kier alpha value is -2.86. The molecule has 1 saturated heterocycles. The molecule has 1 fully saturated rings. The lowest BCUT2D eigenvalue weighted by Gasteiger charge is -2.23. The van der Waals surface area contributed by atoms with E-state index in [1.54, 1.807) is 13.3 Å². The number of amides is 1. The van der Waals surface area contributed by atoms with E-state index in [1.807, 2.05) is 47.2 Å². The Labute approximate surface area is 171 Å². The zero-order chi connectivity index (χ0) is 20.2.